The van der Waals surface area contributed by atoms with E-state index in [1.165, 1.54) is 0 Å². The summed E-state index contributed by atoms with van der Waals surface area (Å²) in [5.41, 5.74) is -0.394. The molecule has 0 aromatic carbocycles. The van der Waals surface area contributed by atoms with Gasteiger partial charge in [0.25, 0.3) is 0 Å². The van der Waals surface area contributed by atoms with Gasteiger partial charge in [-0.15, -0.1) is 0 Å². The van der Waals surface area contributed by atoms with E-state index in [9.17, 15) is 4.79 Å². The summed E-state index contributed by atoms with van der Waals surface area (Å²) < 4.78 is 10.3. The van der Waals surface area contributed by atoms with Crippen LogP contribution < -0.4 is 0 Å². The topological polar surface area (TPSA) is 38.8 Å². The molecule has 1 aliphatic heterocycles. The zero-order valence-corrected chi connectivity index (χ0v) is 10.4. The van der Waals surface area contributed by atoms with Crippen LogP contribution in [0.5, 0.6) is 0 Å². The first kappa shape index (κ1) is 12.5. The number of hydrogen-bond acceptors (Lipinski definition) is 3. The van der Waals surface area contributed by atoms with Gasteiger partial charge in [-0.25, -0.2) is 0 Å². The summed E-state index contributed by atoms with van der Waals surface area (Å²) in [5.74, 6) is 0.471. The predicted octanol–water partition coefficient (Wildman–Crippen LogP) is 2.25. The van der Waals surface area contributed by atoms with Gasteiger partial charge in [0.05, 0.1) is 12.0 Å². The van der Waals surface area contributed by atoms with E-state index in [2.05, 4.69) is 27.7 Å². The van der Waals surface area contributed by atoms with E-state index >= 15 is 0 Å². The lowest BCUT2D eigenvalue weighted by atomic mass is 9.70. The molecule has 0 aliphatic carbocycles. The van der Waals surface area contributed by atoms with Crippen molar-refractivity contribution in [2.75, 3.05) is 13.2 Å². The smallest absolute Gasteiger partial charge is 0.312 e. The monoisotopic (exact) mass is 214 g/mol. The van der Waals surface area contributed by atoms with Gasteiger partial charge in [-0.05, 0) is 18.8 Å². The van der Waals surface area contributed by atoms with Gasteiger partial charge in [-0.1, -0.05) is 27.7 Å². The third-order valence-electron chi connectivity index (χ3n) is 3.64. The number of esters is 1. The van der Waals surface area contributed by atoms with Gasteiger partial charge in [0.2, 0.25) is 0 Å². The molecule has 88 valence electrons. The molecule has 1 fully saturated rings. The first-order chi connectivity index (χ1) is 6.89. The molecule has 0 radical (unpaired) electrons. The minimum atomic E-state index is -0.394. The second kappa shape index (κ2) is 4.52. The number of rotatable bonds is 5. The molecule has 1 saturated heterocycles. The van der Waals surface area contributed by atoms with Gasteiger partial charge in [0, 0.05) is 0 Å². The highest BCUT2D eigenvalue weighted by Gasteiger charge is 2.41. The Labute approximate surface area is 92.1 Å². The minimum Gasteiger partial charge on any atom is -0.462 e. The van der Waals surface area contributed by atoms with Gasteiger partial charge >= 0.3 is 5.97 Å². The fourth-order valence-corrected chi connectivity index (χ4v) is 1.63. The summed E-state index contributed by atoms with van der Waals surface area (Å²) in [6.07, 6.45) is 0.150. The van der Waals surface area contributed by atoms with Crippen molar-refractivity contribution in [2.45, 2.75) is 40.7 Å². The summed E-state index contributed by atoms with van der Waals surface area (Å²) in [6, 6.07) is 0. The van der Waals surface area contributed by atoms with Crippen LogP contribution in [-0.4, -0.2) is 25.3 Å². The fraction of sp³-hybridized carbons (Fsp3) is 0.917. The van der Waals surface area contributed by atoms with E-state index in [0.717, 1.165) is 6.61 Å². The van der Waals surface area contributed by atoms with E-state index in [-0.39, 0.29) is 23.9 Å². The van der Waals surface area contributed by atoms with Gasteiger partial charge < -0.3 is 9.47 Å². The Morgan fingerprint density at radius 3 is 2.20 bits per heavy atom. The fourth-order valence-electron chi connectivity index (χ4n) is 1.63. The lowest BCUT2D eigenvalue weighted by Gasteiger charge is -2.35. The standard InChI is InChI=1S/C12H22O3/c1-8(2)12(5,9(3)4)11(13)15-7-10-6-14-10/h8-10H,6-7H2,1-5H3. The van der Waals surface area contributed by atoms with Gasteiger partial charge in [-0.2, -0.15) is 0 Å². The average molecular weight is 214 g/mol. The Bertz CT molecular complexity index is 221. The summed E-state index contributed by atoms with van der Waals surface area (Å²) in [5, 5.41) is 0. The molecular weight excluding hydrogens is 192 g/mol. The van der Waals surface area contributed by atoms with Crippen molar-refractivity contribution in [1.82, 2.24) is 0 Å². The van der Waals surface area contributed by atoms with Gasteiger partial charge in [-0.3, -0.25) is 4.79 Å². The number of hydrogen-bond donors (Lipinski definition) is 0. The van der Waals surface area contributed by atoms with E-state index in [1.807, 2.05) is 6.92 Å². The molecule has 0 bridgehead atoms. The highest BCUT2D eigenvalue weighted by Crippen LogP contribution is 2.36. The van der Waals surface area contributed by atoms with E-state index in [4.69, 9.17) is 9.47 Å². The maximum Gasteiger partial charge on any atom is 0.312 e. The number of ether oxygens (including phenoxy) is 2. The summed E-state index contributed by atoms with van der Waals surface area (Å²) in [4.78, 5) is 12.0. The van der Waals surface area contributed by atoms with Crippen molar-refractivity contribution in [3.63, 3.8) is 0 Å². The Morgan fingerprint density at radius 2 is 1.87 bits per heavy atom. The Hall–Kier alpha value is -0.570. The number of carbonyl (C=O) groups is 1. The van der Waals surface area contributed by atoms with Crippen LogP contribution in [0.1, 0.15) is 34.6 Å². The number of carbonyl (C=O) groups excluding carboxylic acids is 1. The molecule has 15 heavy (non-hydrogen) atoms. The van der Waals surface area contributed by atoms with Gasteiger partial charge in [0.15, 0.2) is 0 Å². The Balaban J connectivity index is 2.57. The summed E-state index contributed by atoms with van der Waals surface area (Å²) >= 11 is 0. The normalized spacial score (nSPS) is 20.9. The maximum absolute atomic E-state index is 12.0. The van der Waals surface area contributed by atoms with Crippen molar-refractivity contribution in [1.29, 1.82) is 0 Å². The Morgan fingerprint density at radius 1 is 1.40 bits per heavy atom. The third kappa shape index (κ3) is 2.71. The molecule has 0 amide bonds. The maximum atomic E-state index is 12.0. The zero-order chi connectivity index (χ0) is 11.6. The van der Waals surface area contributed by atoms with E-state index < -0.39 is 5.41 Å². The average Bonchev–Trinajstić information content (AvgIpc) is 2.95. The largest absolute Gasteiger partial charge is 0.462 e. The molecule has 3 heteroatoms. The molecule has 1 unspecified atom stereocenters. The number of epoxide rings is 1. The quantitative estimate of drug-likeness (QED) is 0.520. The molecule has 1 rings (SSSR count). The molecule has 0 spiro atoms. The molecular formula is C12H22O3. The first-order valence-corrected chi connectivity index (χ1v) is 5.67. The van der Waals surface area contributed by atoms with Crippen LogP contribution in [0.15, 0.2) is 0 Å². The first-order valence-electron chi connectivity index (χ1n) is 5.67. The molecule has 1 atom stereocenters. The van der Waals surface area contributed by atoms with E-state index in [1.54, 1.807) is 0 Å². The van der Waals surface area contributed by atoms with Crippen molar-refractivity contribution < 1.29 is 14.3 Å². The molecule has 3 nitrogen and oxygen atoms in total. The highest BCUT2D eigenvalue weighted by molar-refractivity contribution is 5.77. The third-order valence-corrected chi connectivity index (χ3v) is 3.64. The molecule has 0 aromatic rings. The molecule has 0 aromatic heterocycles. The van der Waals surface area contributed by atoms with Crippen LogP contribution in [0.2, 0.25) is 0 Å². The van der Waals surface area contributed by atoms with Crippen LogP contribution in [0.3, 0.4) is 0 Å². The van der Waals surface area contributed by atoms with Crippen LogP contribution >= 0.6 is 0 Å². The summed E-state index contributed by atoms with van der Waals surface area (Å²) in [6.45, 7) is 11.4. The van der Waals surface area contributed by atoms with Crippen LogP contribution in [-0.2, 0) is 14.3 Å². The predicted molar refractivity (Wildman–Crippen MR) is 58.5 cm³/mol. The minimum absolute atomic E-state index is 0.0944. The second-order valence-electron chi connectivity index (χ2n) is 5.15. The Kier molecular flexibility index (Phi) is 3.77. The van der Waals surface area contributed by atoms with Crippen LogP contribution in [0.25, 0.3) is 0 Å². The SMILES string of the molecule is CC(C)C(C)(C(=O)OCC1CO1)C(C)C. The van der Waals surface area contributed by atoms with Gasteiger partial charge in [0.1, 0.15) is 12.7 Å². The van der Waals surface area contributed by atoms with E-state index in [0.29, 0.717) is 6.61 Å². The second-order valence-corrected chi connectivity index (χ2v) is 5.15. The zero-order valence-electron chi connectivity index (χ0n) is 10.4. The lowest BCUT2D eigenvalue weighted by molar-refractivity contribution is -0.161. The molecule has 1 heterocycles. The van der Waals surface area contributed by atoms with Crippen molar-refractivity contribution in [3.8, 4) is 0 Å². The van der Waals surface area contributed by atoms with Crippen LogP contribution in [0, 0.1) is 17.3 Å². The molecule has 1 aliphatic rings. The molecule has 0 saturated carbocycles. The van der Waals surface area contributed by atoms with Crippen molar-refractivity contribution in [2.24, 2.45) is 17.3 Å². The molecule has 0 N–H and O–H groups in total. The van der Waals surface area contributed by atoms with Crippen molar-refractivity contribution >= 4 is 5.97 Å². The van der Waals surface area contributed by atoms with Crippen LogP contribution in [0.4, 0.5) is 0 Å². The summed E-state index contributed by atoms with van der Waals surface area (Å²) in [7, 11) is 0. The highest BCUT2D eigenvalue weighted by atomic mass is 16.6. The van der Waals surface area contributed by atoms with Crippen molar-refractivity contribution in [3.05, 3.63) is 0 Å². The lowest BCUT2D eigenvalue weighted by Crippen LogP contribution is -2.40.